The summed E-state index contributed by atoms with van der Waals surface area (Å²) in [4.78, 5) is 23.9. The summed E-state index contributed by atoms with van der Waals surface area (Å²) in [6.45, 7) is 1.30. The fourth-order valence-electron chi connectivity index (χ4n) is 3.87. The molecule has 1 aliphatic rings. The topological polar surface area (TPSA) is 64.3 Å². The van der Waals surface area contributed by atoms with Crippen molar-refractivity contribution in [3.63, 3.8) is 0 Å². The largest absolute Gasteiger partial charge is 0.359 e. The molecular formula is C22H22Cl3N5OS. The van der Waals surface area contributed by atoms with E-state index in [2.05, 4.69) is 15.3 Å². The average Bonchev–Trinajstić information content (AvgIpc) is 3.26. The molecule has 168 valence electrons. The predicted molar refractivity (Wildman–Crippen MR) is 134 cm³/mol. The Kier molecular flexibility index (Phi) is 7.10. The van der Waals surface area contributed by atoms with Crippen molar-refractivity contribution < 1.29 is 4.79 Å². The number of carbonyl (C=O) groups is 1. The molecule has 1 atom stereocenters. The van der Waals surface area contributed by atoms with Crippen LogP contribution >= 0.6 is 47.0 Å². The highest BCUT2D eigenvalue weighted by molar-refractivity contribution is 7.80. The minimum Gasteiger partial charge on any atom is -0.359 e. The van der Waals surface area contributed by atoms with E-state index in [9.17, 15) is 4.79 Å². The van der Waals surface area contributed by atoms with Gasteiger partial charge in [-0.25, -0.2) is 0 Å². The number of aryl methyl sites for hydroxylation is 1. The zero-order valence-electron chi connectivity index (χ0n) is 17.1. The molecule has 1 aliphatic heterocycles. The number of anilines is 1. The number of carbonyl (C=O) groups excluding carboxylic acids is 1. The van der Waals surface area contributed by atoms with Gasteiger partial charge < -0.3 is 20.1 Å². The third kappa shape index (κ3) is 5.12. The maximum absolute atomic E-state index is 12.7. The Balaban J connectivity index is 1.52. The van der Waals surface area contributed by atoms with Crippen LogP contribution in [-0.2, 0) is 11.2 Å². The summed E-state index contributed by atoms with van der Waals surface area (Å²) >= 11 is 24.7. The fourth-order valence-corrected chi connectivity index (χ4v) is 4.77. The van der Waals surface area contributed by atoms with E-state index in [1.54, 1.807) is 17.3 Å². The van der Waals surface area contributed by atoms with Crippen LogP contribution in [-0.4, -0.2) is 48.9 Å². The zero-order valence-corrected chi connectivity index (χ0v) is 20.2. The summed E-state index contributed by atoms with van der Waals surface area (Å²) in [7, 11) is 0. The lowest BCUT2D eigenvalue weighted by Crippen LogP contribution is -2.62. The van der Waals surface area contributed by atoms with Gasteiger partial charge in [-0.15, -0.1) is 0 Å². The van der Waals surface area contributed by atoms with Gasteiger partial charge in [-0.1, -0.05) is 53.0 Å². The molecule has 1 aromatic carbocycles. The number of aromatic nitrogens is 2. The average molecular weight is 511 g/mol. The number of hydrogen-bond donors (Lipinski definition) is 2. The molecule has 1 fully saturated rings. The van der Waals surface area contributed by atoms with E-state index in [0.29, 0.717) is 18.1 Å². The van der Waals surface area contributed by atoms with Crippen molar-refractivity contribution in [3.8, 4) is 0 Å². The monoisotopic (exact) mass is 509 g/mol. The minimum atomic E-state index is -1.77. The third-order valence-corrected chi connectivity index (χ3v) is 6.47. The summed E-state index contributed by atoms with van der Waals surface area (Å²) in [5.74, 6) is -0.225. The molecular weight excluding hydrogens is 489 g/mol. The van der Waals surface area contributed by atoms with E-state index >= 15 is 0 Å². The lowest BCUT2D eigenvalue weighted by molar-refractivity contribution is -0.122. The number of H-pyrrole nitrogens is 1. The van der Waals surface area contributed by atoms with E-state index in [1.807, 2.05) is 47.5 Å². The van der Waals surface area contributed by atoms with Crippen molar-refractivity contribution in [3.05, 3.63) is 60.6 Å². The normalized spacial score (nSPS) is 15.8. The van der Waals surface area contributed by atoms with Gasteiger partial charge in [0, 0.05) is 43.5 Å². The van der Waals surface area contributed by atoms with Gasteiger partial charge in [-0.05, 0) is 48.8 Å². The number of nitrogens with one attached hydrogen (secondary N) is 2. The number of rotatable bonds is 6. The van der Waals surface area contributed by atoms with Crippen molar-refractivity contribution in [2.45, 2.75) is 29.2 Å². The summed E-state index contributed by atoms with van der Waals surface area (Å²) in [6.07, 6.45) is 6.00. The quantitative estimate of drug-likeness (QED) is 0.368. The highest BCUT2D eigenvalue weighted by atomic mass is 35.6. The Morgan fingerprint density at radius 1 is 1.22 bits per heavy atom. The van der Waals surface area contributed by atoms with Gasteiger partial charge in [-0.2, -0.15) is 0 Å². The maximum Gasteiger partial charge on any atom is 0.228 e. The molecule has 1 amide bonds. The Morgan fingerprint density at radius 2 is 2.06 bits per heavy atom. The van der Waals surface area contributed by atoms with Crippen molar-refractivity contribution in [1.82, 2.24) is 20.2 Å². The Bertz CT molecular complexity index is 1100. The number of pyridine rings is 1. The van der Waals surface area contributed by atoms with Gasteiger partial charge in [0.05, 0.1) is 11.2 Å². The number of hydrogen-bond acceptors (Lipinski definition) is 3. The van der Waals surface area contributed by atoms with E-state index in [0.717, 1.165) is 35.1 Å². The van der Waals surface area contributed by atoms with E-state index in [1.165, 1.54) is 0 Å². The summed E-state index contributed by atoms with van der Waals surface area (Å²) < 4.78 is -1.77. The van der Waals surface area contributed by atoms with Crippen molar-refractivity contribution in [2.24, 2.45) is 0 Å². The van der Waals surface area contributed by atoms with E-state index in [-0.39, 0.29) is 12.3 Å². The van der Waals surface area contributed by atoms with Crippen LogP contribution in [0.3, 0.4) is 0 Å². The van der Waals surface area contributed by atoms with Gasteiger partial charge in [0.1, 0.15) is 0 Å². The van der Waals surface area contributed by atoms with Crippen molar-refractivity contribution in [1.29, 1.82) is 0 Å². The molecule has 0 radical (unpaired) electrons. The number of nitrogens with zero attached hydrogens (tertiary/aromatic N) is 3. The van der Waals surface area contributed by atoms with Crippen molar-refractivity contribution in [2.75, 3.05) is 18.0 Å². The third-order valence-electron chi connectivity index (χ3n) is 5.40. The minimum absolute atomic E-state index is 0.225. The van der Waals surface area contributed by atoms with Crippen LogP contribution in [0.15, 0.2) is 55.0 Å². The first-order valence-electron chi connectivity index (χ1n) is 10.2. The number of fused-ring (bicyclic) bond motifs is 1. The maximum atomic E-state index is 12.7. The molecule has 10 heteroatoms. The van der Waals surface area contributed by atoms with Crippen LogP contribution < -0.4 is 10.2 Å². The molecule has 32 heavy (non-hydrogen) atoms. The van der Waals surface area contributed by atoms with Crippen LogP contribution in [0.4, 0.5) is 5.69 Å². The summed E-state index contributed by atoms with van der Waals surface area (Å²) in [5.41, 5.74) is 2.91. The first-order valence-corrected chi connectivity index (χ1v) is 11.8. The predicted octanol–water partition coefficient (Wildman–Crippen LogP) is 4.81. The molecule has 0 aliphatic carbocycles. The number of aromatic amines is 1. The molecule has 1 unspecified atom stereocenters. The number of para-hydroxylation sites is 1. The van der Waals surface area contributed by atoms with Gasteiger partial charge in [0.2, 0.25) is 9.70 Å². The molecule has 3 aromatic rings. The first-order chi connectivity index (χ1) is 15.3. The molecule has 0 bridgehead atoms. The van der Waals surface area contributed by atoms with Crippen LogP contribution in [0.5, 0.6) is 0 Å². The van der Waals surface area contributed by atoms with Crippen LogP contribution in [0.25, 0.3) is 10.9 Å². The highest BCUT2D eigenvalue weighted by Gasteiger charge is 2.42. The molecule has 0 saturated carbocycles. The Hall–Kier alpha value is -2.06. The standard InChI is InChI=1S/C22H22Cl3N5OS/c23-22(24,25)20(28-18(31)8-7-15-4-2-10-26-14-15)30-13-3-12-29(21(30)32)17-6-1-5-16-9-11-27-19(16)17/h1-2,4-6,9-11,14,20,27H,3,7-8,12-13H2,(H,28,31). The number of halogens is 3. The second-order valence-corrected chi connectivity index (χ2v) is 10.3. The smallest absolute Gasteiger partial charge is 0.228 e. The fraction of sp³-hybridized carbons (Fsp3) is 0.318. The van der Waals surface area contributed by atoms with Gasteiger partial charge in [0.15, 0.2) is 11.3 Å². The molecule has 4 rings (SSSR count). The molecule has 2 aromatic heterocycles. The zero-order chi connectivity index (χ0) is 22.7. The lowest BCUT2D eigenvalue weighted by atomic mass is 10.1. The Morgan fingerprint density at radius 3 is 2.81 bits per heavy atom. The SMILES string of the molecule is O=C(CCc1cccnc1)NC(N1CCCN(c2cccc3cc[nH]c23)C1=S)C(Cl)(Cl)Cl. The Labute approximate surface area is 206 Å². The summed E-state index contributed by atoms with van der Waals surface area (Å²) in [5, 5.41) is 4.47. The first kappa shape index (κ1) is 23.1. The number of amides is 1. The highest BCUT2D eigenvalue weighted by Crippen LogP contribution is 2.35. The van der Waals surface area contributed by atoms with Crippen LogP contribution in [0, 0.1) is 0 Å². The molecule has 1 saturated heterocycles. The molecule has 2 N–H and O–H groups in total. The number of alkyl halides is 3. The van der Waals surface area contributed by atoms with E-state index < -0.39 is 9.96 Å². The second kappa shape index (κ2) is 9.83. The summed E-state index contributed by atoms with van der Waals surface area (Å²) in [6, 6.07) is 11.8. The van der Waals surface area contributed by atoms with E-state index in [4.69, 9.17) is 47.0 Å². The second-order valence-electron chi connectivity index (χ2n) is 7.57. The van der Waals surface area contributed by atoms with Crippen LogP contribution in [0.1, 0.15) is 18.4 Å². The molecule has 3 heterocycles. The van der Waals surface area contributed by atoms with Gasteiger partial charge in [-0.3, -0.25) is 9.78 Å². The number of benzene rings is 1. The molecule has 6 nitrogen and oxygen atoms in total. The molecule has 0 spiro atoms. The van der Waals surface area contributed by atoms with Gasteiger partial charge in [0.25, 0.3) is 0 Å². The van der Waals surface area contributed by atoms with Crippen LogP contribution in [0.2, 0.25) is 0 Å². The number of thiocarbonyl (C=S) groups is 1. The lowest BCUT2D eigenvalue weighted by Gasteiger charge is -2.44. The van der Waals surface area contributed by atoms with Crippen molar-refractivity contribution >= 4 is 74.6 Å². The van der Waals surface area contributed by atoms with Gasteiger partial charge >= 0.3 is 0 Å².